The number of hydrogen-bond donors (Lipinski definition) is 2. The zero-order valence-corrected chi connectivity index (χ0v) is 19.2. The van der Waals surface area contributed by atoms with Gasteiger partial charge in [0.05, 0.1) is 11.6 Å². The second kappa shape index (κ2) is 9.42. The molecule has 0 saturated heterocycles. The van der Waals surface area contributed by atoms with Gasteiger partial charge in [0.2, 0.25) is 5.82 Å². The second-order valence-electron chi connectivity index (χ2n) is 7.36. The summed E-state index contributed by atoms with van der Waals surface area (Å²) in [6.45, 7) is 0.406. The Kier molecular flexibility index (Phi) is 6.03. The Morgan fingerprint density at radius 1 is 0.882 bits per heavy atom. The molecule has 0 fully saturated rings. The summed E-state index contributed by atoms with van der Waals surface area (Å²) in [7, 11) is 0. The van der Waals surface area contributed by atoms with Gasteiger partial charge in [-0.15, -0.1) is 21.5 Å². The van der Waals surface area contributed by atoms with Crippen LogP contribution < -0.4 is 10.9 Å². The maximum Gasteiger partial charge on any atom is 0.281 e. The lowest BCUT2D eigenvalue weighted by Crippen LogP contribution is -2.41. The molecule has 2 amide bonds. The van der Waals surface area contributed by atoms with E-state index in [9.17, 15) is 9.59 Å². The van der Waals surface area contributed by atoms with E-state index >= 15 is 0 Å². The van der Waals surface area contributed by atoms with Crippen molar-refractivity contribution in [2.24, 2.45) is 0 Å². The molecule has 168 valence electrons. The Hall–Kier alpha value is -4.08. The Labute approximate surface area is 203 Å². The van der Waals surface area contributed by atoms with Crippen LogP contribution in [0.5, 0.6) is 0 Å². The van der Waals surface area contributed by atoms with Gasteiger partial charge in [-0.25, -0.2) is 0 Å². The molecule has 34 heavy (non-hydrogen) atoms. The van der Waals surface area contributed by atoms with Crippen molar-refractivity contribution in [3.63, 3.8) is 0 Å². The fourth-order valence-corrected chi connectivity index (χ4v) is 4.75. The van der Waals surface area contributed by atoms with Crippen LogP contribution in [0.2, 0.25) is 5.02 Å². The van der Waals surface area contributed by atoms with Crippen LogP contribution in [-0.4, -0.2) is 32.0 Å². The van der Waals surface area contributed by atoms with Crippen LogP contribution in [0.25, 0.3) is 21.5 Å². The minimum Gasteiger partial charge on any atom is -0.267 e. The van der Waals surface area contributed by atoms with Gasteiger partial charge in [0.15, 0.2) is 0 Å². The van der Waals surface area contributed by atoms with Gasteiger partial charge in [-0.05, 0) is 29.0 Å². The average Bonchev–Trinajstić information content (AvgIpc) is 3.48. The third-order valence-corrected chi connectivity index (χ3v) is 6.73. The van der Waals surface area contributed by atoms with Gasteiger partial charge in [0.25, 0.3) is 11.8 Å². The van der Waals surface area contributed by atoms with Gasteiger partial charge in [-0.3, -0.25) is 20.4 Å². The third-order valence-electron chi connectivity index (χ3n) is 5.06. The molecule has 5 rings (SSSR count). The Morgan fingerprint density at radius 2 is 1.59 bits per heavy atom. The largest absolute Gasteiger partial charge is 0.281 e. The molecule has 0 bridgehead atoms. The van der Waals surface area contributed by atoms with Crippen molar-refractivity contribution in [3.8, 4) is 11.4 Å². The predicted molar refractivity (Wildman–Crippen MR) is 131 cm³/mol. The van der Waals surface area contributed by atoms with Crippen LogP contribution >= 0.6 is 22.9 Å². The molecular formula is C24H17ClN6O2S. The molecule has 0 radical (unpaired) electrons. The zero-order valence-electron chi connectivity index (χ0n) is 17.6. The van der Waals surface area contributed by atoms with E-state index in [0.717, 1.165) is 21.2 Å². The standard InChI is InChI=1S/C24H17ClN6O2S/c25-20-18-8-4-5-9-19(18)34-21(20)24(33)28-27-23(32)17-12-10-15(11-13-17)14-31-29-22(26-30-31)16-6-2-1-3-7-16/h1-13H,14H2,(H,27,32)(H,28,33). The van der Waals surface area contributed by atoms with E-state index in [4.69, 9.17) is 11.6 Å². The quantitative estimate of drug-likeness (QED) is 0.358. The highest BCUT2D eigenvalue weighted by Crippen LogP contribution is 2.34. The molecule has 0 unspecified atom stereocenters. The minimum absolute atomic E-state index is 0.341. The number of fused-ring (bicyclic) bond motifs is 1. The molecule has 2 aromatic heterocycles. The third kappa shape index (κ3) is 4.52. The van der Waals surface area contributed by atoms with E-state index in [0.29, 0.717) is 27.8 Å². The second-order valence-corrected chi connectivity index (χ2v) is 8.79. The summed E-state index contributed by atoms with van der Waals surface area (Å²) in [6, 6.07) is 24.0. The van der Waals surface area contributed by atoms with Crippen LogP contribution in [0.1, 0.15) is 25.6 Å². The Bertz CT molecular complexity index is 1480. The van der Waals surface area contributed by atoms with Crippen molar-refractivity contribution >= 4 is 44.8 Å². The number of amides is 2. The first kappa shape index (κ1) is 21.7. The number of nitrogens with zero attached hydrogens (tertiary/aromatic N) is 4. The fraction of sp³-hybridized carbons (Fsp3) is 0.0417. The monoisotopic (exact) mass is 488 g/mol. The van der Waals surface area contributed by atoms with Gasteiger partial charge >= 0.3 is 0 Å². The number of tetrazole rings is 1. The van der Waals surface area contributed by atoms with Gasteiger partial charge in [-0.2, -0.15) is 4.80 Å². The van der Waals surface area contributed by atoms with Crippen molar-refractivity contribution in [2.45, 2.75) is 6.54 Å². The summed E-state index contributed by atoms with van der Waals surface area (Å²) in [6.07, 6.45) is 0. The number of hydrazine groups is 1. The van der Waals surface area contributed by atoms with Crippen LogP contribution in [0, 0.1) is 0 Å². The van der Waals surface area contributed by atoms with Crippen LogP contribution in [0.3, 0.4) is 0 Å². The van der Waals surface area contributed by atoms with Crippen molar-refractivity contribution < 1.29 is 9.59 Å². The highest BCUT2D eigenvalue weighted by atomic mass is 35.5. The molecule has 0 spiro atoms. The molecule has 2 heterocycles. The fourth-order valence-electron chi connectivity index (χ4n) is 3.34. The molecule has 8 nitrogen and oxygen atoms in total. The lowest BCUT2D eigenvalue weighted by molar-refractivity contribution is 0.0849. The first-order valence-electron chi connectivity index (χ1n) is 10.3. The molecule has 10 heteroatoms. The number of carbonyl (C=O) groups excluding carboxylic acids is 2. The highest BCUT2D eigenvalue weighted by molar-refractivity contribution is 7.21. The summed E-state index contributed by atoms with van der Waals surface area (Å²) in [5, 5.41) is 13.7. The highest BCUT2D eigenvalue weighted by Gasteiger charge is 2.17. The van der Waals surface area contributed by atoms with E-state index in [1.165, 1.54) is 16.1 Å². The van der Waals surface area contributed by atoms with Crippen LogP contribution in [-0.2, 0) is 6.54 Å². The van der Waals surface area contributed by atoms with Crippen LogP contribution in [0.15, 0.2) is 78.9 Å². The number of carbonyl (C=O) groups is 2. The van der Waals surface area contributed by atoms with Crippen molar-refractivity contribution in [1.29, 1.82) is 0 Å². The SMILES string of the molecule is O=C(NNC(=O)c1sc2ccccc2c1Cl)c1ccc(Cn2nnc(-c3ccccc3)n2)cc1. The van der Waals surface area contributed by atoms with E-state index in [1.807, 2.05) is 54.6 Å². The van der Waals surface area contributed by atoms with E-state index < -0.39 is 11.8 Å². The van der Waals surface area contributed by atoms with Crippen molar-refractivity contribution in [2.75, 3.05) is 0 Å². The molecule has 0 aliphatic heterocycles. The molecular weight excluding hydrogens is 472 g/mol. The summed E-state index contributed by atoms with van der Waals surface area (Å²) in [5.41, 5.74) is 7.03. The van der Waals surface area contributed by atoms with Crippen molar-refractivity contribution in [1.82, 2.24) is 31.1 Å². The minimum atomic E-state index is -0.470. The molecule has 5 aromatic rings. The van der Waals surface area contributed by atoms with E-state index in [-0.39, 0.29) is 0 Å². The van der Waals surface area contributed by atoms with Crippen molar-refractivity contribution in [3.05, 3.63) is 99.9 Å². The van der Waals surface area contributed by atoms with E-state index in [1.54, 1.807) is 24.3 Å². The molecule has 2 N–H and O–H groups in total. The summed E-state index contributed by atoms with van der Waals surface area (Å²) in [4.78, 5) is 26.8. The molecule has 0 aliphatic rings. The summed E-state index contributed by atoms with van der Waals surface area (Å²) < 4.78 is 0.900. The smallest absolute Gasteiger partial charge is 0.267 e. The number of halogens is 1. The van der Waals surface area contributed by atoms with Gasteiger partial charge in [0, 0.05) is 21.2 Å². The lowest BCUT2D eigenvalue weighted by atomic mass is 10.1. The first-order chi connectivity index (χ1) is 16.6. The lowest BCUT2D eigenvalue weighted by Gasteiger charge is -2.07. The molecule has 0 aliphatic carbocycles. The number of aromatic nitrogens is 4. The van der Waals surface area contributed by atoms with E-state index in [2.05, 4.69) is 26.3 Å². The molecule has 0 saturated carbocycles. The number of hydrogen-bond acceptors (Lipinski definition) is 6. The maximum atomic E-state index is 12.5. The first-order valence-corrected chi connectivity index (χ1v) is 11.5. The normalized spacial score (nSPS) is 10.9. The zero-order chi connectivity index (χ0) is 23.5. The molecule has 0 atom stereocenters. The predicted octanol–water partition coefficient (Wildman–Crippen LogP) is 4.33. The van der Waals surface area contributed by atoms with Gasteiger partial charge in [0.1, 0.15) is 4.88 Å². The number of thiophene rings is 1. The topological polar surface area (TPSA) is 102 Å². The number of benzene rings is 3. The Balaban J connectivity index is 1.20. The molecule has 3 aromatic carbocycles. The van der Waals surface area contributed by atoms with Crippen LogP contribution in [0.4, 0.5) is 0 Å². The Morgan fingerprint density at radius 3 is 2.35 bits per heavy atom. The number of rotatable bonds is 5. The number of nitrogens with one attached hydrogen (secondary N) is 2. The maximum absolute atomic E-state index is 12.5. The summed E-state index contributed by atoms with van der Waals surface area (Å²) >= 11 is 7.59. The summed E-state index contributed by atoms with van der Waals surface area (Å²) in [5.74, 6) is -0.365. The van der Waals surface area contributed by atoms with Gasteiger partial charge in [-0.1, -0.05) is 72.3 Å². The van der Waals surface area contributed by atoms with Gasteiger partial charge < -0.3 is 0 Å². The average molecular weight is 489 g/mol.